The van der Waals surface area contributed by atoms with Crippen molar-refractivity contribution in [3.8, 4) is 11.5 Å². The highest BCUT2D eigenvalue weighted by molar-refractivity contribution is 5.89. The molecule has 1 heterocycles. The molecule has 0 spiro atoms. The van der Waals surface area contributed by atoms with Gasteiger partial charge in [-0.05, 0) is 18.9 Å². The van der Waals surface area contributed by atoms with Gasteiger partial charge >= 0.3 is 5.63 Å². The number of rotatable bonds is 7. The first kappa shape index (κ1) is 15.1. The second kappa shape index (κ2) is 6.92. The van der Waals surface area contributed by atoms with Crippen molar-refractivity contribution in [1.29, 1.82) is 0 Å². The van der Waals surface area contributed by atoms with Crippen molar-refractivity contribution in [3.63, 3.8) is 0 Å². The Morgan fingerprint density at radius 1 is 1.10 bits per heavy atom. The highest BCUT2D eigenvalue weighted by atomic mass is 16.5. The van der Waals surface area contributed by atoms with Gasteiger partial charge in [0.25, 0.3) is 0 Å². The average Bonchev–Trinajstić information content (AvgIpc) is 2.49. The number of hydrogen-bond donors (Lipinski definition) is 0. The fraction of sp³-hybridized carbons (Fsp3) is 0.375. The van der Waals surface area contributed by atoms with E-state index in [0.717, 1.165) is 12.8 Å². The topological polar surface area (TPSA) is 65.7 Å². The van der Waals surface area contributed by atoms with Gasteiger partial charge in [0, 0.05) is 12.1 Å². The summed E-state index contributed by atoms with van der Waals surface area (Å²) < 4.78 is 16.4. The predicted molar refractivity (Wildman–Crippen MR) is 79.4 cm³/mol. The van der Waals surface area contributed by atoms with E-state index in [2.05, 4.69) is 0 Å². The molecule has 0 saturated heterocycles. The van der Waals surface area contributed by atoms with Gasteiger partial charge in [-0.1, -0.05) is 13.8 Å². The van der Waals surface area contributed by atoms with Gasteiger partial charge < -0.3 is 13.9 Å². The van der Waals surface area contributed by atoms with Crippen LogP contribution in [-0.4, -0.2) is 19.5 Å². The first-order chi connectivity index (χ1) is 10.2. The lowest BCUT2D eigenvalue weighted by atomic mass is 10.1. The zero-order valence-electron chi connectivity index (χ0n) is 12.2. The van der Waals surface area contributed by atoms with Crippen LogP contribution in [0.1, 0.15) is 37.0 Å². The number of ether oxygens (including phenoxy) is 2. The molecule has 0 aliphatic rings. The average molecular weight is 290 g/mol. The van der Waals surface area contributed by atoms with Crippen molar-refractivity contribution in [2.45, 2.75) is 26.7 Å². The number of aldehydes is 1. The van der Waals surface area contributed by atoms with Crippen LogP contribution in [0.4, 0.5) is 0 Å². The lowest BCUT2D eigenvalue weighted by Crippen LogP contribution is -2.07. The second-order valence-corrected chi connectivity index (χ2v) is 4.64. The Labute approximate surface area is 122 Å². The Morgan fingerprint density at radius 3 is 2.48 bits per heavy atom. The molecule has 0 N–H and O–H groups in total. The third-order valence-electron chi connectivity index (χ3n) is 2.88. The Bertz CT molecular complexity index is 687. The molecule has 21 heavy (non-hydrogen) atoms. The van der Waals surface area contributed by atoms with Gasteiger partial charge in [-0.25, -0.2) is 4.79 Å². The van der Waals surface area contributed by atoms with E-state index in [1.165, 1.54) is 6.07 Å². The van der Waals surface area contributed by atoms with Gasteiger partial charge in [-0.3, -0.25) is 4.79 Å². The minimum atomic E-state index is -0.661. The Hall–Kier alpha value is -2.30. The molecule has 0 unspecified atom stereocenters. The molecule has 0 atom stereocenters. The van der Waals surface area contributed by atoms with Gasteiger partial charge in [0.2, 0.25) is 0 Å². The summed E-state index contributed by atoms with van der Waals surface area (Å²) in [7, 11) is 0. The highest BCUT2D eigenvalue weighted by Crippen LogP contribution is 2.31. The van der Waals surface area contributed by atoms with Crippen molar-refractivity contribution in [3.05, 3.63) is 34.2 Å². The lowest BCUT2D eigenvalue weighted by Gasteiger charge is -2.11. The summed E-state index contributed by atoms with van der Waals surface area (Å²) in [5.41, 5.74) is -0.331. The SMILES string of the molecule is CCCOc1cc(OCCC)c2cc(C=O)c(=O)oc2c1. The fourth-order valence-electron chi connectivity index (χ4n) is 1.89. The minimum Gasteiger partial charge on any atom is -0.493 e. The monoisotopic (exact) mass is 290 g/mol. The molecule has 0 fully saturated rings. The van der Waals surface area contributed by atoms with Gasteiger partial charge in [-0.15, -0.1) is 0 Å². The molecule has 2 rings (SSSR count). The van der Waals surface area contributed by atoms with E-state index in [-0.39, 0.29) is 5.56 Å². The molecule has 5 nitrogen and oxygen atoms in total. The zero-order valence-corrected chi connectivity index (χ0v) is 12.2. The number of carbonyl (C=O) groups is 1. The normalized spacial score (nSPS) is 10.6. The van der Waals surface area contributed by atoms with Crippen LogP contribution in [-0.2, 0) is 0 Å². The molecule has 2 aromatic rings. The van der Waals surface area contributed by atoms with E-state index in [4.69, 9.17) is 13.9 Å². The zero-order chi connectivity index (χ0) is 15.2. The van der Waals surface area contributed by atoms with E-state index in [9.17, 15) is 9.59 Å². The molecule has 0 bridgehead atoms. The first-order valence-corrected chi connectivity index (χ1v) is 7.02. The molecule has 5 heteroatoms. The van der Waals surface area contributed by atoms with E-state index >= 15 is 0 Å². The molecule has 0 amide bonds. The van der Waals surface area contributed by atoms with Crippen LogP contribution in [0.25, 0.3) is 11.0 Å². The van der Waals surface area contributed by atoms with Gasteiger partial charge in [0.05, 0.1) is 18.6 Å². The number of carbonyl (C=O) groups excluding carboxylic acids is 1. The van der Waals surface area contributed by atoms with E-state index in [0.29, 0.717) is 42.0 Å². The summed E-state index contributed by atoms with van der Waals surface area (Å²) in [5, 5.41) is 0.592. The Kier molecular flexibility index (Phi) is 4.98. The van der Waals surface area contributed by atoms with Crippen LogP contribution in [0.3, 0.4) is 0 Å². The maximum absolute atomic E-state index is 11.6. The van der Waals surface area contributed by atoms with Crippen LogP contribution in [0.5, 0.6) is 11.5 Å². The molecule has 0 radical (unpaired) electrons. The molecule has 0 saturated carbocycles. The maximum atomic E-state index is 11.6. The number of hydrogen-bond acceptors (Lipinski definition) is 5. The summed E-state index contributed by atoms with van der Waals surface area (Å²) in [6.07, 6.45) is 2.20. The third-order valence-corrected chi connectivity index (χ3v) is 2.88. The summed E-state index contributed by atoms with van der Waals surface area (Å²) in [5.74, 6) is 1.13. The van der Waals surface area contributed by atoms with Crippen LogP contribution in [0.2, 0.25) is 0 Å². The summed E-state index contributed by atoms with van der Waals surface area (Å²) >= 11 is 0. The molecule has 0 aliphatic carbocycles. The van der Waals surface area contributed by atoms with Gasteiger partial charge in [0.1, 0.15) is 22.6 Å². The van der Waals surface area contributed by atoms with Crippen molar-refractivity contribution >= 4 is 17.3 Å². The van der Waals surface area contributed by atoms with E-state index in [1.807, 2.05) is 13.8 Å². The molecular formula is C16H18O5. The lowest BCUT2D eigenvalue weighted by molar-refractivity contribution is 0.112. The van der Waals surface area contributed by atoms with Crippen molar-refractivity contribution in [2.24, 2.45) is 0 Å². The molecule has 112 valence electrons. The minimum absolute atomic E-state index is 0.0222. The van der Waals surface area contributed by atoms with Crippen LogP contribution in [0.15, 0.2) is 27.4 Å². The van der Waals surface area contributed by atoms with Crippen LogP contribution < -0.4 is 15.1 Å². The van der Waals surface area contributed by atoms with Gasteiger partial charge in [0.15, 0.2) is 6.29 Å². The van der Waals surface area contributed by atoms with E-state index in [1.54, 1.807) is 12.1 Å². The fourth-order valence-corrected chi connectivity index (χ4v) is 1.89. The largest absolute Gasteiger partial charge is 0.493 e. The standard InChI is InChI=1S/C16H18O5/c1-3-5-19-12-8-14(20-6-4-2)13-7-11(10-17)16(18)21-15(13)9-12/h7-10H,3-6H2,1-2H3. The highest BCUT2D eigenvalue weighted by Gasteiger charge is 2.12. The first-order valence-electron chi connectivity index (χ1n) is 7.02. The van der Waals surface area contributed by atoms with Crippen LogP contribution >= 0.6 is 0 Å². The molecule has 1 aromatic carbocycles. The predicted octanol–water partition coefficient (Wildman–Crippen LogP) is 3.18. The smallest absolute Gasteiger partial charge is 0.346 e. The third kappa shape index (κ3) is 3.42. The number of fused-ring (bicyclic) bond motifs is 1. The molecule has 1 aromatic heterocycles. The molecule has 0 aliphatic heterocycles. The van der Waals surface area contributed by atoms with Crippen LogP contribution in [0, 0.1) is 0 Å². The van der Waals surface area contributed by atoms with Crippen molar-refractivity contribution in [1.82, 2.24) is 0 Å². The number of benzene rings is 1. The summed E-state index contributed by atoms with van der Waals surface area (Å²) in [6.45, 7) is 5.10. The van der Waals surface area contributed by atoms with Crippen molar-refractivity contribution < 1.29 is 18.7 Å². The Balaban J connectivity index is 2.56. The second-order valence-electron chi connectivity index (χ2n) is 4.64. The van der Waals surface area contributed by atoms with E-state index < -0.39 is 5.63 Å². The van der Waals surface area contributed by atoms with Crippen molar-refractivity contribution in [2.75, 3.05) is 13.2 Å². The summed E-state index contributed by atoms with van der Waals surface area (Å²) in [6, 6.07) is 4.88. The quantitative estimate of drug-likeness (QED) is 0.578. The molecular weight excluding hydrogens is 272 g/mol. The maximum Gasteiger partial charge on any atom is 0.346 e. The summed E-state index contributed by atoms with van der Waals surface area (Å²) in [4.78, 5) is 22.5. The van der Waals surface area contributed by atoms with Gasteiger partial charge in [-0.2, -0.15) is 0 Å². The Morgan fingerprint density at radius 2 is 1.81 bits per heavy atom.